The SMILES string of the molecule is CCc1ccc(OCC(=O)Nc2c(C)nc3sccn3c2=O)cc1. The lowest BCUT2D eigenvalue weighted by Crippen LogP contribution is -2.27. The van der Waals surface area contributed by atoms with E-state index in [0.29, 0.717) is 16.4 Å². The number of hydrogen-bond donors (Lipinski definition) is 1. The first kappa shape index (κ1) is 16.2. The molecule has 124 valence electrons. The highest BCUT2D eigenvalue weighted by Gasteiger charge is 2.13. The number of benzene rings is 1. The van der Waals surface area contributed by atoms with E-state index in [4.69, 9.17) is 4.74 Å². The van der Waals surface area contributed by atoms with Crippen molar-refractivity contribution in [2.24, 2.45) is 0 Å². The lowest BCUT2D eigenvalue weighted by Gasteiger charge is -2.09. The fourth-order valence-electron chi connectivity index (χ4n) is 2.27. The van der Waals surface area contributed by atoms with Crippen molar-refractivity contribution in [3.05, 3.63) is 57.5 Å². The predicted octanol–water partition coefficient (Wildman–Crippen LogP) is 2.64. The van der Waals surface area contributed by atoms with Crippen LogP contribution >= 0.6 is 11.3 Å². The number of fused-ring (bicyclic) bond motifs is 1. The third-order valence-electron chi connectivity index (χ3n) is 3.61. The first-order valence-electron chi connectivity index (χ1n) is 7.56. The highest BCUT2D eigenvalue weighted by atomic mass is 32.1. The number of nitrogens with zero attached hydrogens (tertiary/aromatic N) is 2. The summed E-state index contributed by atoms with van der Waals surface area (Å²) in [5.74, 6) is 0.217. The summed E-state index contributed by atoms with van der Waals surface area (Å²) in [6.45, 7) is 3.60. The maximum absolute atomic E-state index is 12.4. The van der Waals surface area contributed by atoms with Gasteiger partial charge in [0.1, 0.15) is 11.4 Å². The Morgan fingerprint density at radius 2 is 2.08 bits per heavy atom. The van der Waals surface area contributed by atoms with Crippen molar-refractivity contribution < 1.29 is 9.53 Å². The maximum atomic E-state index is 12.4. The summed E-state index contributed by atoms with van der Waals surface area (Å²) in [6.07, 6.45) is 2.58. The lowest BCUT2D eigenvalue weighted by molar-refractivity contribution is -0.118. The molecule has 2 heterocycles. The van der Waals surface area contributed by atoms with Gasteiger partial charge in [-0.15, -0.1) is 11.3 Å². The van der Waals surface area contributed by atoms with Crippen LogP contribution in [0.3, 0.4) is 0 Å². The van der Waals surface area contributed by atoms with Crippen LogP contribution in [0.15, 0.2) is 40.6 Å². The molecular weight excluding hydrogens is 326 g/mol. The van der Waals surface area contributed by atoms with Crippen LogP contribution in [-0.4, -0.2) is 21.9 Å². The van der Waals surface area contributed by atoms with E-state index in [9.17, 15) is 9.59 Å². The van der Waals surface area contributed by atoms with Gasteiger partial charge in [0.05, 0.1) is 5.69 Å². The number of ether oxygens (including phenoxy) is 1. The monoisotopic (exact) mass is 343 g/mol. The van der Waals surface area contributed by atoms with Gasteiger partial charge in [0.15, 0.2) is 11.6 Å². The average Bonchev–Trinajstić information content (AvgIpc) is 3.05. The predicted molar refractivity (Wildman–Crippen MR) is 94.0 cm³/mol. The van der Waals surface area contributed by atoms with Gasteiger partial charge in [-0.25, -0.2) is 4.98 Å². The molecular formula is C17H17N3O3S. The second-order valence-corrected chi connectivity index (χ2v) is 6.14. The molecule has 2 aromatic heterocycles. The zero-order chi connectivity index (χ0) is 17.1. The molecule has 7 heteroatoms. The number of carbonyl (C=O) groups excluding carboxylic acids is 1. The van der Waals surface area contributed by atoms with Crippen molar-refractivity contribution in [1.29, 1.82) is 0 Å². The van der Waals surface area contributed by atoms with E-state index >= 15 is 0 Å². The van der Waals surface area contributed by atoms with Gasteiger partial charge in [-0.1, -0.05) is 19.1 Å². The largest absolute Gasteiger partial charge is 0.484 e. The van der Waals surface area contributed by atoms with Crippen molar-refractivity contribution in [3.63, 3.8) is 0 Å². The molecule has 0 saturated heterocycles. The molecule has 0 aliphatic heterocycles. The summed E-state index contributed by atoms with van der Waals surface area (Å²) in [5, 5.41) is 4.37. The molecule has 24 heavy (non-hydrogen) atoms. The zero-order valence-electron chi connectivity index (χ0n) is 13.4. The Bertz CT molecular complexity index is 928. The van der Waals surface area contributed by atoms with Crippen LogP contribution in [0.1, 0.15) is 18.2 Å². The molecule has 0 saturated carbocycles. The van der Waals surface area contributed by atoms with Crippen LogP contribution in [0.2, 0.25) is 0 Å². The van der Waals surface area contributed by atoms with Crippen LogP contribution in [0.5, 0.6) is 5.75 Å². The van der Waals surface area contributed by atoms with E-state index in [1.165, 1.54) is 21.3 Å². The van der Waals surface area contributed by atoms with Crippen LogP contribution in [0, 0.1) is 6.92 Å². The maximum Gasteiger partial charge on any atom is 0.282 e. The van der Waals surface area contributed by atoms with Crippen LogP contribution in [-0.2, 0) is 11.2 Å². The minimum atomic E-state index is -0.397. The molecule has 3 aromatic rings. The Morgan fingerprint density at radius 1 is 1.33 bits per heavy atom. The minimum absolute atomic E-state index is 0.170. The summed E-state index contributed by atoms with van der Waals surface area (Å²) >= 11 is 1.37. The molecule has 1 aromatic carbocycles. The fraction of sp³-hybridized carbons (Fsp3) is 0.235. The first-order valence-corrected chi connectivity index (χ1v) is 8.44. The van der Waals surface area contributed by atoms with E-state index in [1.54, 1.807) is 18.5 Å². The van der Waals surface area contributed by atoms with E-state index in [1.807, 2.05) is 24.3 Å². The van der Waals surface area contributed by atoms with Crippen molar-refractivity contribution >= 4 is 27.9 Å². The molecule has 0 spiro atoms. The van der Waals surface area contributed by atoms with Gasteiger partial charge < -0.3 is 10.1 Å². The number of thiazole rings is 1. The summed E-state index contributed by atoms with van der Waals surface area (Å²) in [4.78, 5) is 29.4. The second kappa shape index (κ2) is 6.84. The Morgan fingerprint density at radius 3 is 2.79 bits per heavy atom. The summed E-state index contributed by atoms with van der Waals surface area (Å²) in [5.41, 5.74) is 1.58. The number of rotatable bonds is 5. The first-order chi connectivity index (χ1) is 11.6. The molecule has 0 bridgehead atoms. The van der Waals surface area contributed by atoms with Gasteiger partial charge in [-0.3, -0.25) is 14.0 Å². The molecule has 6 nitrogen and oxygen atoms in total. The van der Waals surface area contributed by atoms with Gasteiger partial charge in [0.2, 0.25) is 0 Å². The van der Waals surface area contributed by atoms with Gasteiger partial charge >= 0.3 is 0 Å². The summed E-state index contributed by atoms with van der Waals surface area (Å²) in [6, 6.07) is 7.56. The van der Waals surface area contributed by atoms with Crippen molar-refractivity contribution in [3.8, 4) is 5.75 Å². The zero-order valence-corrected chi connectivity index (χ0v) is 14.2. The smallest absolute Gasteiger partial charge is 0.282 e. The topological polar surface area (TPSA) is 72.7 Å². The van der Waals surface area contributed by atoms with E-state index in [2.05, 4.69) is 17.2 Å². The summed E-state index contributed by atoms with van der Waals surface area (Å²) in [7, 11) is 0. The molecule has 0 aliphatic rings. The molecule has 0 radical (unpaired) electrons. The number of nitrogens with one attached hydrogen (secondary N) is 1. The number of amides is 1. The molecule has 0 unspecified atom stereocenters. The number of aryl methyl sites for hydroxylation is 2. The van der Waals surface area contributed by atoms with Crippen LogP contribution in [0.4, 0.5) is 5.69 Å². The molecule has 0 atom stereocenters. The number of carbonyl (C=O) groups is 1. The quantitative estimate of drug-likeness (QED) is 0.773. The Kier molecular flexibility index (Phi) is 4.61. The third-order valence-corrected chi connectivity index (χ3v) is 4.37. The van der Waals surface area contributed by atoms with Gasteiger partial charge in [0, 0.05) is 11.6 Å². The van der Waals surface area contributed by atoms with Crippen molar-refractivity contribution in [2.75, 3.05) is 11.9 Å². The average molecular weight is 343 g/mol. The van der Waals surface area contributed by atoms with Crippen LogP contribution in [0.25, 0.3) is 4.96 Å². The lowest BCUT2D eigenvalue weighted by atomic mass is 10.2. The Hall–Kier alpha value is -2.67. The van der Waals surface area contributed by atoms with E-state index in [0.717, 1.165) is 6.42 Å². The van der Waals surface area contributed by atoms with E-state index in [-0.39, 0.29) is 17.9 Å². The van der Waals surface area contributed by atoms with Crippen molar-refractivity contribution in [1.82, 2.24) is 9.38 Å². The van der Waals surface area contributed by atoms with Gasteiger partial charge in [-0.2, -0.15) is 0 Å². The highest BCUT2D eigenvalue weighted by Crippen LogP contribution is 2.14. The third kappa shape index (κ3) is 3.30. The number of hydrogen-bond acceptors (Lipinski definition) is 5. The summed E-state index contributed by atoms with van der Waals surface area (Å²) < 4.78 is 6.87. The number of aromatic nitrogens is 2. The Balaban J connectivity index is 1.69. The molecule has 0 fully saturated rings. The molecule has 3 rings (SSSR count). The van der Waals surface area contributed by atoms with Crippen LogP contribution < -0.4 is 15.6 Å². The highest BCUT2D eigenvalue weighted by molar-refractivity contribution is 7.15. The second-order valence-electron chi connectivity index (χ2n) is 5.27. The normalized spacial score (nSPS) is 10.8. The van der Waals surface area contributed by atoms with E-state index < -0.39 is 5.91 Å². The number of anilines is 1. The fourth-order valence-corrected chi connectivity index (χ4v) is 3.02. The Labute approximate surface area is 142 Å². The van der Waals surface area contributed by atoms with Crippen molar-refractivity contribution in [2.45, 2.75) is 20.3 Å². The standard InChI is InChI=1S/C17H17N3O3S/c1-3-12-4-6-13(7-5-12)23-10-14(21)19-15-11(2)18-17-20(16(15)22)8-9-24-17/h4-9H,3,10H2,1-2H3,(H,19,21). The minimum Gasteiger partial charge on any atom is -0.484 e. The van der Waals surface area contributed by atoms with Gasteiger partial charge in [-0.05, 0) is 31.0 Å². The molecule has 0 aliphatic carbocycles. The van der Waals surface area contributed by atoms with Gasteiger partial charge in [0.25, 0.3) is 11.5 Å². The molecule has 1 N–H and O–H groups in total. The molecule has 1 amide bonds.